The quantitative estimate of drug-likeness (QED) is 0.801. The molecule has 1 aliphatic carbocycles. The molecule has 2 rings (SSSR count). The van der Waals surface area contributed by atoms with Crippen LogP contribution in [0.1, 0.15) is 30.4 Å². The Balaban J connectivity index is 2.08. The van der Waals surface area contributed by atoms with Crippen LogP contribution in [0.3, 0.4) is 0 Å². The number of benzene rings is 1. The summed E-state index contributed by atoms with van der Waals surface area (Å²) >= 11 is 0. The van der Waals surface area contributed by atoms with Gasteiger partial charge in [0.25, 0.3) is 0 Å². The van der Waals surface area contributed by atoms with Gasteiger partial charge in [-0.25, -0.2) is 4.79 Å². The zero-order chi connectivity index (χ0) is 13.7. The van der Waals surface area contributed by atoms with Gasteiger partial charge >= 0.3 is 5.97 Å². The molecular formula is C15H18O4. The number of methoxy groups -OCH3 is 1. The molecule has 0 atom stereocenters. The second-order valence-electron chi connectivity index (χ2n) is 4.61. The van der Waals surface area contributed by atoms with E-state index >= 15 is 0 Å². The van der Waals surface area contributed by atoms with Gasteiger partial charge in [-0.1, -0.05) is 6.07 Å². The van der Waals surface area contributed by atoms with Gasteiger partial charge in [0.1, 0.15) is 5.75 Å². The molecule has 19 heavy (non-hydrogen) atoms. The van der Waals surface area contributed by atoms with Crippen LogP contribution in [0.5, 0.6) is 5.75 Å². The predicted molar refractivity (Wildman–Crippen MR) is 72.1 cm³/mol. The Morgan fingerprint density at radius 3 is 2.84 bits per heavy atom. The summed E-state index contributed by atoms with van der Waals surface area (Å²) in [7, 11) is 1.62. The van der Waals surface area contributed by atoms with E-state index in [0.29, 0.717) is 12.7 Å². The third kappa shape index (κ3) is 3.83. The maximum atomic E-state index is 10.5. The summed E-state index contributed by atoms with van der Waals surface area (Å²) in [5.74, 6) is -0.185. The van der Waals surface area contributed by atoms with E-state index in [2.05, 4.69) is 0 Å². The van der Waals surface area contributed by atoms with E-state index in [9.17, 15) is 4.79 Å². The maximum absolute atomic E-state index is 10.5. The summed E-state index contributed by atoms with van der Waals surface area (Å²) < 4.78 is 11.1. The molecule has 1 aromatic rings. The third-order valence-corrected chi connectivity index (χ3v) is 3.25. The van der Waals surface area contributed by atoms with Crippen molar-refractivity contribution in [1.82, 2.24) is 0 Å². The lowest BCUT2D eigenvalue weighted by atomic mass is 9.96. The van der Waals surface area contributed by atoms with Gasteiger partial charge in [-0.3, -0.25) is 0 Å². The Labute approximate surface area is 112 Å². The number of carboxylic acid groups (broad SMARTS) is 1. The minimum absolute atomic E-state index is 0.364. The van der Waals surface area contributed by atoms with E-state index in [1.165, 1.54) is 6.42 Å². The fraction of sp³-hybridized carbons (Fsp3) is 0.400. The van der Waals surface area contributed by atoms with Gasteiger partial charge in [0, 0.05) is 11.6 Å². The molecule has 1 saturated carbocycles. The topological polar surface area (TPSA) is 55.8 Å². The second kappa shape index (κ2) is 6.38. The van der Waals surface area contributed by atoms with Crippen molar-refractivity contribution in [1.29, 1.82) is 0 Å². The van der Waals surface area contributed by atoms with E-state index in [1.54, 1.807) is 13.2 Å². The van der Waals surface area contributed by atoms with E-state index in [4.69, 9.17) is 14.6 Å². The van der Waals surface area contributed by atoms with Crippen LogP contribution in [0.25, 0.3) is 6.08 Å². The van der Waals surface area contributed by atoms with Crippen molar-refractivity contribution in [3.63, 3.8) is 0 Å². The number of hydrogen-bond acceptors (Lipinski definition) is 3. The minimum atomic E-state index is -0.955. The number of aliphatic carboxylic acids is 1. The van der Waals surface area contributed by atoms with Crippen LogP contribution in [0, 0.1) is 0 Å². The van der Waals surface area contributed by atoms with Crippen molar-refractivity contribution in [3.05, 3.63) is 35.4 Å². The van der Waals surface area contributed by atoms with Crippen LogP contribution in [0.4, 0.5) is 0 Å². The van der Waals surface area contributed by atoms with Crippen molar-refractivity contribution in [3.8, 4) is 5.75 Å². The average molecular weight is 262 g/mol. The molecule has 0 aromatic heterocycles. The highest BCUT2D eigenvalue weighted by Crippen LogP contribution is 2.26. The molecule has 102 valence electrons. The summed E-state index contributed by atoms with van der Waals surface area (Å²) in [6, 6.07) is 5.56. The maximum Gasteiger partial charge on any atom is 0.328 e. The van der Waals surface area contributed by atoms with E-state index in [0.717, 1.165) is 35.8 Å². The molecule has 0 unspecified atom stereocenters. The first kappa shape index (κ1) is 13.6. The van der Waals surface area contributed by atoms with Gasteiger partial charge in [-0.05, 0) is 43.0 Å². The molecule has 0 bridgehead atoms. The third-order valence-electron chi connectivity index (χ3n) is 3.25. The molecule has 0 aliphatic heterocycles. The van der Waals surface area contributed by atoms with Crippen LogP contribution in [0.2, 0.25) is 0 Å². The monoisotopic (exact) mass is 262 g/mol. The van der Waals surface area contributed by atoms with Crippen LogP contribution >= 0.6 is 0 Å². The smallest absolute Gasteiger partial charge is 0.328 e. The Kier molecular flexibility index (Phi) is 4.58. The molecular weight excluding hydrogens is 244 g/mol. The fourth-order valence-corrected chi connectivity index (χ4v) is 1.93. The SMILES string of the molecule is COc1ccc(C=CC(=O)O)cc1COC1CCC1. The van der Waals surface area contributed by atoms with Crippen LogP contribution in [-0.2, 0) is 16.1 Å². The van der Waals surface area contributed by atoms with Crippen LogP contribution in [0.15, 0.2) is 24.3 Å². The number of hydrogen-bond donors (Lipinski definition) is 1. The Hall–Kier alpha value is -1.81. The molecule has 1 aromatic carbocycles. The molecule has 0 saturated heterocycles. The molecule has 0 heterocycles. The normalized spacial score (nSPS) is 15.4. The van der Waals surface area contributed by atoms with Gasteiger partial charge < -0.3 is 14.6 Å². The van der Waals surface area contributed by atoms with E-state index in [-0.39, 0.29) is 0 Å². The van der Waals surface area contributed by atoms with Gasteiger partial charge in [0.2, 0.25) is 0 Å². The first-order valence-corrected chi connectivity index (χ1v) is 6.38. The Morgan fingerprint density at radius 2 is 2.26 bits per heavy atom. The summed E-state index contributed by atoms with van der Waals surface area (Å²) in [6.45, 7) is 0.503. The zero-order valence-corrected chi connectivity index (χ0v) is 11.0. The van der Waals surface area contributed by atoms with Gasteiger partial charge in [-0.2, -0.15) is 0 Å². The Bertz CT molecular complexity index is 475. The van der Waals surface area contributed by atoms with Crippen molar-refractivity contribution in [2.75, 3.05) is 7.11 Å². The molecule has 4 nitrogen and oxygen atoms in total. The van der Waals surface area contributed by atoms with Gasteiger partial charge in [-0.15, -0.1) is 0 Å². The highest BCUT2D eigenvalue weighted by Gasteiger charge is 2.18. The predicted octanol–water partition coefficient (Wildman–Crippen LogP) is 2.86. The lowest BCUT2D eigenvalue weighted by molar-refractivity contribution is -0.131. The standard InChI is InChI=1S/C15H18O4/c1-18-14-7-5-11(6-8-15(16)17)9-12(14)10-19-13-3-2-4-13/h5-9,13H,2-4,10H2,1H3,(H,16,17). The summed E-state index contributed by atoms with van der Waals surface area (Å²) in [6.07, 6.45) is 6.54. The molecule has 1 fully saturated rings. The average Bonchev–Trinajstić information content (AvgIpc) is 2.34. The molecule has 1 N–H and O–H groups in total. The number of rotatable bonds is 6. The van der Waals surface area contributed by atoms with Crippen LogP contribution < -0.4 is 4.74 Å². The number of carboxylic acids is 1. The van der Waals surface area contributed by atoms with Crippen molar-refractivity contribution in [2.24, 2.45) is 0 Å². The fourth-order valence-electron chi connectivity index (χ4n) is 1.93. The van der Waals surface area contributed by atoms with Crippen molar-refractivity contribution in [2.45, 2.75) is 32.0 Å². The van der Waals surface area contributed by atoms with Gasteiger partial charge in [0.15, 0.2) is 0 Å². The molecule has 0 amide bonds. The number of ether oxygens (including phenoxy) is 2. The molecule has 0 radical (unpaired) electrons. The van der Waals surface area contributed by atoms with E-state index in [1.807, 2.05) is 18.2 Å². The Morgan fingerprint density at radius 1 is 1.47 bits per heavy atom. The summed E-state index contributed by atoms with van der Waals surface area (Å²) in [5, 5.41) is 8.62. The van der Waals surface area contributed by atoms with Gasteiger partial charge in [0.05, 0.1) is 19.8 Å². The first-order chi connectivity index (χ1) is 9.19. The van der Waals surface area contributed by atoms with Crippen molar-refractivity contribution >= 4 is 12.0 Å². The highest BCUT2D eigenvalue weighted by atomic mass is 16.5. The number of carbonyl (C=O) groups is 1. The van der Waals surface area contributed by atoms with Crippen molar-refractivity contribution < 1.29 is 19.4 Å². The highest BCUT2D eigenvalue weighted by molar-refractivity contribution is 5.85. The summed E-state index contributed by atoms with van der Waals surface area (Å²) in [5.41, 5.74) is 1.78. The molecule has 1 aliphatic rings. The first-order valence-electron chi connectivity index (χ1n) is 6.38. The van der Waals surface area contributed by atoms with Crippen LogP contribution in [-0.4, -0.2) is 24.3 Å². The second-order valence-corrected chi connectivity index (χ2v) is 4.61. The summed E-state index contributed by atoms with van der Waals surface area (Å²) in [4.78, 5) is 10.5. The van der Waals surface area contributed by atoms with E-state index < -0.39 is 5.97 Å². The molecule has 0 spiro atoms. The lowest BCUT2D eigenvalue weighted by Crippen LogP contribution is -2.21. The lowest BCUT2D eigenvalue weighted by Gasteiger charge is -2.25. The molecule has 4 heteroatoms. The largest absolute Gasteiger partial charge is 0.496 e. The zero-order valence-electron chi connectivity index (χ0n) is 11.0. The minimum Gasteiger partial charge on any atom is -0.496 e.